The smallest absolute Gasteiger partial charge is 0.248 e. The van der Waals surface area contributed by atoms with E-state index in [1.165, 1.54) is 5.56 Å². The number of hydrazone groups is 1. The summed E-state index contributed by atoms with van der Waals surface area (Å²) in [6, 6.07) is 28.6. The number of benzene rings is 3. The fourth-order valence-corrected chi connectivity index (χ4v) is 4.82. The van der Waals surface area contributed by atoms with Crippen LogP contribution in [0.4, 0.5) is 5.69 Å². The van der Waals surface area contributed by atoms with Crippen LogP contribution in [0, 0.1) is 12.8 Å². The van der Waals surface area contributed by atoms with E-state index >= 15 is 0 Å². The molecule has 0 aromatic heterocycles. The number of rotatable bonds is 8. The van der Waals surface area contributed by atoms with Crippen molar-refractivity contribution in [2.75, 3.05) is 5.01 Å². The Morgan fingerprint density at radius 1 is 1.00 bits per heavy atom. The Morgan fingerprint density at radius 3 is 2.24 bits per heavy atom. The van der Waals surface area contributed by atoms with Crippen LogP contribution in [0.2, 0.25) is 0 Å². The molecule has 0 radical (unpaired) electrons. The molecule has 34 heavy (non-hydrogen) atoms. The number of carbonyl (C=O) groups excluding carboxylic acids is 1. The van der Waals surface area contributed by atoms with Gasteiger partial charge in [-0.05, 0) is 50.5 Å². The third kappa shape index (κ3) is 4.63. The lowest BCUT2D eigenvalue weighted by molar-refractivity contribution is -0.127. The fraction of sp³-hybridized carbons (Fsp3) is 0.333. The first kappa shape index (κ1) is 23.7. The van der Waals surface area contributed by atoms with Crippen LogP contribution in [-0.4, -0.2) is 17.2 Å². The predicted molar refractivity (Wildman–Crippen MR) is 141 cm³/mol. The lowest BCUT2D eigenvalue weighted by atomic mass is 9.76. The third-order valence-electron chi connectivity index (χ3n) is 6.96. The summed E-state index contributed by atoms with van der Waals surface area (Å²) in [5, 5.41) is 10.4. The van der Waals surface area contributed by atoms with Crippen molar-refractivity contribution < 1.29 is 4.79 Å². The maximum atomic E-state index is 14.1. The van der Waals surface area contributed by atoms with Gasteiger partial charge < -0.3 is 5.32 Å². The molecule has 1 aliphatic rings. The van der Waals surface area contributed by atoms with Crippen LogP contribution in [0.25, 0.3) is 0 Å². The van der Waals surface area contributed by atoms with Crippen molar-refractivity contribution in [3.8, 4) is 0 Å². The van der Waals surface area contributed by atoms with Gasteiger partial charge in [-0.15, -0.1) is 0 Å². The van der Waals surface area contributed by atoms with Gasteiger partial charge in [0, 0.05) is 5.92 Å². The average molecular weight is 454 g/mol. The molecule has 0 fully saturated rings. The molecular formula is C30H35N3O. The van der Waals surface area contributed by atoms with E-state index in [0.29, 0.717) is 0 Å². The van der Waals surface area contributed by atoms with Crippen LogP contribution >= 0.6 is 0 Å². The molecule has 4 nitrogen and oxygen atoms in total. The summed E-state index contributed by atoms with van der Waals surface area (Å²) in [5.74, 6) is -0.0296. The van der Waals surface area contributed by atoms with E-state index < -0.39 is 5.54 Å². The SMILES string of the molecule is CCCCC1C(c2ccc(C)cc2)=NN(c2ccccc2)C1(C)C(=O)N[C@@H](C)c1ccccc1. The van der Waals surface area contributed by atoms with Gasteiger partial charge in [0.2, 0.25) is 5.91 Å². The maximum absolute atomic E-state index is 14.1. The van der Waals surface area contributed by atoms with E-state index in [0.717, 1.165) is 41.8 Å². The molecule has 1 amide bonds. The number of carbonyl (C=O) groups is 1. The monoisotopic (exact) mass is 453 g/mol. The van der Waals surface area contributed by atoms with Gasteiger partial charge in [0.05, 0.1) is 17.4 Å². The molecule has 0 aliphatic carbocycles. The number of unbranched alkanes of at least 4 members (excludes halogenated alkanes) is 1. The van der Waals surface area contributed by atoms with Gasteiger partial charge in [0.1, 0.15) is 5.54 Å². The molecule has 4 heteroatoms. The minimum atomic E-state index is -0.847. The van der Waals surface area contributed by atoms with Crippen molar-refractivity contribution >= 4 is 17.3 Å². The number of hydrogen-bond acceptors (Lipinski definition) is 3. The molecule has 0 bridgehead atoms. The minimum Gasteiger partial charge on any atom is -0.347 e. The second-order valence-corrected chi connectivity index (χ2v) is 9.45. The lowest BCUT2D eigenvalue weighted by Gasteiger charge is -2.38. The zero-order chi connectivity index (χ0) is 24.1. The van der Waals surface area contributed by atoms with Crippen LogP contribution in [0.3, 0.4) is 0 Å². The Morgan fingerprint density at radius 2 is 1.62 bits per heavy atom. The van der Waals surface area contributed by atoms with Gasteiger partial charge >= 0.3 is 0 Å². The summed E-state index contributed by atoms with van der Waals surface area (Å²) in [6.07, 6.45) is 3.01. The molecule has 0 spiro atoms. The van der Waals surface area contributed by atoms with Gasteiger partial charge in [-0.2, -0.15) is 5.10 Å². The Bertz CT molecular complexity index is 1120. The van der Waals surface area contributed by atoms with Crippen molar-refractivity contribution in [1.82, 2.24) is 5.32 Å². The molecule has 3 aromatic carbocycles. The van der Waals surface area contributed by atoms with E-state index in [1.807, 2.05) is 60.5 Å². The van der Waals surface area contributed by atoms with Crippen LogP contribution < -0.4 is 10.3 Å². The van der Waals surface area contributed by atoms with Crippen molar-refractivity contribution in [3.05, 3.63) is 102 Å². The first-order valence-corrected chi connectivity index (χ1v) is 12.3. The van der Waals surface area contributed by atoms with Crippen molar-refractivity contribution in [2.24, 2.45) is 11.0 Å². The van der Waals surface area contributed by atoms with E-state index in [9.17, 15) is 4.79 Å². The number of nitrogens with one attached hydrogen (secondary N) is 1. The van der Waals surface area contributed by atoms with Crippen molar-refractivity contribution in [1.29, 1.82) is 0 Å². The van der Waals surface area contributed by atoms with Crippen LogP contribution in [0.1, 0.15) is 62.8 Å². The summed E-state index contributed by atoms with van der Waals surface area (Å²) in [7, 11) is 0. The first-order chi connectivity index (χ1) is 16.4. The minimum absolute atomic E-state index is 0.000305. The second-order valence-electron chi connectivity index (χ2n) is 9.45. The second kappa shape index (κ2) is 10.3. The molecule has 0 saturated carbocycles. The lowest BCUT2D eigenvalue weighted by Crippen LogP contribution is -2.58. The number of anilines is 1. The van der Waals surface area contributed by atoms with Gasteiger partial charge in [0.25, 0.3) is 0 Å². The van der Waals surface area contributed by atoms with Gasteiger partial charge in [-0.25, -0.2) is 5.01 Å². The molecule has 4 rings (SSSR count). The van der Waals surface area contributed by atoms with E-state index in [2.05, 4.69) is 62.5 Å². The summed E-state index contributed by atoms with van der Waals surface area (Å²) in [5.41, 5.74) is 4.46. The molecule has 3 atom stereocenters. The third-order valence-corrected chi connectivity index (χ3v) is 6.96. The molecular weight excluding hydrogens is 418 g/mol. The Kier molecular flexibility index (Phi) is 7.16. The zero-order valence-electron chi connectivity index (χ0n) is 20.7. The highest BCUT2D eigenvalue weighted by Gasteiger charge is 2.53. The average Bonchev–Trinajstić information content (AvgIpc) is 3.17. The summed E-state index contributed by atoms with van der Waals surface area (Å²) in [4.78, 5) is 14.1. The highest BCUT2D eigenvalue weighted by Crippen LogP contribution is 2.42. The largest absolute Gasteiger partial charge is 0.347 e. The number of amides is 1. The van der Waals surface area contributed by atoms with Gasteiger partial charge in [-0.1, -0.05) is 98.1 Å². The summed E-state index contributed by atoms with van der Waals surface area (Å²) >= 11 is 0. The first-order valence-electron chi connectivity index (χ1n) is 12.3. The van der Waals surface area contributed by atoms with Gasteiger partial charge in [0.15, 0.2) is 0 Å². The van der Waals surface area contributed by atoms with Gasteiger partial charge in [-0.3, -0.25) is 4.79 Å². The van der Waals surface area contributed by atoms with E-state index in [4.69, 9.17) is 5.10 Å². The normalized spacial score (nSPS) is 20.6. The Balaban J connectivity index is 1.77. The molecule has 1 aliphatic heterocycles. The van der Waals surface area contributed by atoms with E-state index in [-0.39, 0.29) is 17.9 Å². The number of hydrogen-bond donors (Lipinski definition) is 1. The summed E-state index contributed by atoms with van der Waals surface area (Å²) < 4.78 is 0. The Hall–Kier alpha value is -3.40. The van der Waals surface area contributed by atoms with E-state index in [1.54, 1.807) is 0 Å². The van der Waals surface area contributed by atoms with Crippen molar-refractivity contribution in [2.45, 2.75) is 58.5 Å². The number of para-hydroxylation sites is 1. The predicted octanol–water partition coefficient (Wildman–Crippen LogP) is 6.66. The topological polar surface area (TPSA) is 44.7 Å². The molecule has 1 N–H and O–H groups in total. The number of nitrogens with zero attached hydrogens (tertiary/aromatic N) is 2. The van der Waals surface area contributed by atoms with Crippen LogP contribution in [0.15, 0.2) is 90.0 Å². The van der Waals surface area contributed by atoms with Crippen LogP contribution in [0.5, 0.6) is 0 Å². The molecule has 3 aromatic rings. The Labute approximate surface area is 203 Å². The van der Waals surface area contributed by atoms with Crippen molar-refractivity contribution in [3.63, 3.8) is 0 Å². The summed E-state index contributed by atoms with van der Waals surface area (Å²) in [6.45, 7) is 8.38. The van der Waals surface area contributed by atoms with Crippen LogP contribution in [-0.2, 0) is 4.79 Å². The standard InChI is InChI=1S/C30H35N3O/c1-5-6-17-27-28(25-20-18-22(2)19-21-25)32-33(26-15-11-8-12-16-26)30(27,4)29(34)31-23(3)24-13-9-7-10-14-24/h7-16,18-21,23,27H,5-6,17H2,1-4H3,(H,31,34)/t23-,27?,30?/m0/s1. The fourth-order valence-electron chi connectivity index (χ4n) is 4.82. The number of aryl methyl sites for hydroxylation is 1. The highest BCUT2D eigenvalue weighted by atomic mass is 16.2. The quantitative estimate of drug-likeness (QED) is 0.414. The highest BCUT2D eigenvalue weighted by molar-refractivity contribution is 6.10. The molecule has 1 heterocycles. The molecule has 2 unspecified atom stereocenters. The maximum Gasteiger partial charge on any atom is 0.248 e. The molecule has 0 saturated heterocycles. The zero-order valence-corrected chi connectivity index (χ0v) is 20.7. The molecule has 176 valence electrons.